The van der Waals surface area contributed by atoms with Gasteiger partial charge in [0.15, 0.2) is 6.23 Å². The molecule has 2 aliphatic heterocycles. The van der Waals surface area contributed by atoms with Gasteiger partial charge in [-0.15, -0.1) is 0 Å². The van der Waals surface area contributed by atoms with Crippen molar-refractivity contribution in [3.8, 4) is 17.6 Å². The molecule has 40 heavy (non-hydrogen) atoms. The fraction of sp³-hybridized carbons (Fsp3) is 0.548. The van der Waals surface area contributed by atoms with E-state index in [1.807, 2.05) is 58.3 Å². The standard InChI is InChI=1S/C31H44N6O3/c1-6-39-28-17-26-24(16-27(28)35-29(38)10-8-14-37(4)5)30(22(18-32)19-34-26)36-25-12-11-23(15-21(25)3)40-31-20(2)9-7-13-33-31/h11-12,15-17,20,22,30-31,33-34,36H,6-10,13-14,19H2,1-5H3,(H,35,38). The third kappa shape index (κ3) is 7.38. The maximum atomic E-state index is 12.8. The molecule has 2 heterocycles. The van der Waals surface area contributed by atoms with Gasteiger partial charge < -0.3 is 30.3 Å². The van der Waals surface area contributed by atoms with Crippen LogP contribution in [0.2, 0.25) is 0 Å². The molecule has 0 aliphatic carbocycles. The molecule has 0 bridgehead atoms. The molecule has 2 aromatic carbocycles. The summed E-state index contributed by atoms with van der Waals surface area (Å²) in [7, 11) is 3.99. The van der Waals surface area contributed by atoms with Gasteiger partial charge in [0.1, 0.15) is 11.5 Å². The van der Waals surface area contributed by atoms with Crippen molar-refractivity contribution in [1.29, 1.82) is 5.26 Å². The van der Waals surface area contributed by atoms with Crippen LogP contribution in [0.1, 0.15) is 56.7 Å². The van der Waals surface area contributed by atoms with E-state index in [2.05, 4.69) is 39.2 Å². The highest BCUT2D eigenvalue weighted by atomic mass is 16.5. The topological polar surface area (TPSA) is 111 Å². The molecule has 2 aliphatic rings. The molecule has 1 fully saturated rings. The normalized spacial score (nSPS) is 22.0. The number of nitriles is 1. The first-order valence-electron chi connectivity index (χ1n) is 14.4. The van der Waals surface area contributed by atoms with E-state index in [-0.39, 0.29) is 24.1 Å². The lowest BCUT2D eigenvalue weighted by Crippen LogP contribution is -2.44. The van der Waals surface area contributed by atoms with Crippen molar-refractivity contribution in [2.75, 3.05) is 56.3 Å². The zero-order chi connectivity index (χ0) is 28.6. The quantitative estimate of drug-likeness (QED) is 0.306. The van der Waals surface area contributed by atoms with Crippen LogP contribution >= 0.6 is 0 Å². The number of benzene rings is 2. The summed E-state index contributed by atoms with van der Waals surface area (Å²) < 4.78 is 12.2. The smallest absolute Gasteiger partial charge is 0.224 e. The number of ether oxygens (including phenoxy) is 2. The Bertz CT molecular complexity index is 1210. The summed E-state index contributed by atoms with van der Waals surface area (Å²) in [4.78, 5) is 14.8. The maximum absolute atomic E-state index is 12.8. The number of carbonyl (C=O) groups is 1. The van der Waals surface area contributed by atoms with Gasteiger partial charge in [0.25, 0.3) is 0 Å². The lowest BCUT2D eigenvalue weighted by atomic mass is 9.88. The van der Waals surface area contributed by atoms with E-state index in [1.54, 1.807) is 0 Å². The van der Waals surface area contributed by atoms with Crippen LogP contribution in [-0.2, 0) is 4.79 Å². The summed E-state index contributed by atoms with van der Waals surface area (Å²) in [6, 6.07) is 12.1. The van der Waals surface area contributed by atoms with E-state index >= 15 is 0 Å². The monoisotopic (exact) mass is 548 g/mol. The molecule has 0 aromatic heterocycles. The van der Waals surface area contributed by atoms with Crippen molar-refractivity contribution < 1.29 is 14.3 Å². The van der Waals surface area contributed by atoms with E-state index in [0.29, 0.717) is 36.9 Å². The van der Waals surface area contributed by atoms with Crippen molar-refractivity contribution in [2.24, 2.45) is 11.8 Å². The second kappa shape index (κ2) is 13.7. The predicted octanol–water partition coefficient (Wildman–Crippen LogP) is 5.12. The van der Waals surface area contributed by atoms with E-state index in [0.717, 1.165) is 54.2 Å². The molecule has 216 valence electrons. The average molecular weight is 549 g/mol. The second-order valence-electron chi connectivity index (χ2n) is 11.2. The Balaban J connectivity index is 1.56. The second-order valence-corrected chi connectivity index (χ2v) is 11.2. The highest BCUT2D eigenvalue weighted by molar-refractivity contribution is 5.93. The molecule has 2 aromatic rings. The summed E-state index contributed by atoms with van der Waals surface area (Å²) in [6.07, 6.45) is 3.54. The lowest BCUT2D eigenvalue weighted by molar-refractivity contribution is -0.116. The third-order valence-corrected chi connectivity index (χ3v) is 7.62. The minimum absolute atomic E-state index is 0.0160. The third-order valence-electron chi connectivity index (χ3n) is 7.62. The molecule has 9 nitrogen and oxygen atoms in total. The number of nitrogens with one attached hydrogen (secondary N) is 4. The number of amides is 1. The number of hydrogen-bond acceptors (Lipinski definition) is 8. The average Bonchev–Trinajstić information content (AvgIpc) is 2.92. The summed E-state index contributed by atoms with van der Waals surface area (Å²) >= 11 is 0. The number of piperidine rings is 1. The zero-order valence-corrected chi connectivity index (χ0v) is 24.5. The molecular formula is C31H44N6O3. The molecule has 1 saturated heterocycles. The summed E-state index contributed by atoms with van der Waals surface area (Å²) in [5.74, 6) is 1.54. The molecule has 0 spiro atoms. The van der Waals surface area contributed by atoms with E-state index in [9.17, 15) is 10.1 Å². The number of fused-ring (bicyclic) bond motifs is 1. The van der Waals surface area contributed by atoms with Crippen LogP contribution in [-0.4, -0.2) is 57.4 Å². The number of hydrogen-bond donors (Lipinski definition) is 4. The summed E-state index contributed by atoms with van der Waals surface area (Å²) in [5, 5.41) is 23.6. The fourth-order valence-corrected chi connectivity index (χ4v) is 5.37. The van der Waals surface area contributed by atoms with Gasteiger partial charge in [0.2, 0.25) is 5.91 Å². The number of nitrogens with zero attached hydrogens (tertiary/aromatic N) is 2. The number of anilines is 3. The number of aryl methyl sites for hydroxylation is 1. The number of carbonyl (C=O) groups excluding carboxylic acids is 1. The van der Waals surface area contributed by atoms with E-state index < -0.39 is 0 Å². The Kier molecular flexibility index (Phi) is 10.1. The van der Waals surface area contributed by atoms with Crippen molar-refractivity contribution in [1.82, 2.24) is 10.2 Å². The largest absolute Gasteiger partial charge is 0.492 e. The Morgan fingerprint density at radius 3 is 2.75 bits per heavy atom. The summed E-state index contributed by atoms with van der Waals surface area (Å²) in [6.45, 7) is 8.99. The molecule has 0 radical (unpaired) electrons. The van der Waals surface area contributed by atoms with Crippen LogP contribution in [0, 0.1) is 30.1 Å². The summed E-state index contributed by atoms with van der Waals surface area (Å²) in [5.41, 5.74) is 4.42. The first kappa shape index (κ1) is 29.5. The van der Waals surface area contributed by atoms with Crippen LogP contribution in [0.25, 0.3) is 0 Å². The predicted molar refractivity (Wildman–Crippen MR) is 160 cm³/mol. The molecule has 4 atom stereocenters. The van der Waals surface area contributed by atoms with E-state index in [4.69, 9.17) is 9.47 Å². The first-order valence-corrected chi connectivity index (χ1v) is 14.4. The van der Waals surface area contributed by atoms with Gasteiger partial charge in [-0.3, -0.25) is 10.1 Å². The molecule has 4 N–H and O–H groups in total. The SMILES string of the molecule is CCOc1cc2c(cc1NC(=O)CCCN(C)C)C(Nc1ccc(OC3NCCCC3C)cc1C)C(C#N)CN2. The van der Waals surface area contributed by atoms with Crippen LogP contribution in [0.3, 0.4) is 0 Å². The molecule has 1 amide bonds. The van der Waals surface area contributed by atoms with Gasteiger partial charge in [-0.1, -0.05) is 6.92 Å². The minimum Gasteiger partial charge on any atom is -0.492 e. The van der Waals surface area contributed by atoms with Crippen LogP contribution in [0.15, 0.2) is 30.3 Å². The Morgan fingerprint density at radius 2 is 2.05 bits per heavy atom. The number of rotatable bonds is 11. The van der Waals surface area contributed by atoms with Crippen molar-refractivity contribution in [2.45, 2.75) is 58.7 Å². The van der Waals surface area contributed by atoms with Gasteiger partial charge >= 0.3 is 0 Å². The van der Waals surface area contributed by atoms with Gasteiger partial charge in [-0.05, 0) is 90.1 Å². The van der Waals surface area contributed by atoms with Crippen molar-refractivity contribution in [3.63, 3.8) is 0 Å². The zero-order valence-electron chi connectivity index (χ0n) is 24.5. The molecule has 9 heteroatoms. The van der Waals surface area contributed by atoms with Gasteiger partial charge in [0, 0.05) is 41.9 Å². The first-order chi connectivity index (χ1) is 19.3. The van der Waals surface area contributed by atoms with Gasteiger partial charge in [-0.25, -0.2) is 0 Å². The molecular weight excluding hydrogens is 504 g/mol. The van der Waals surface area contributed by atoms with Crippen LogP contribution < -0.4 is 30.7 Å². The van der Waals surface area contributed by atoms with Crippen LogP contribution in [0.5, 0.6) is 11.5 Å². The molecule has 4 unspecified atom stereocenters. The van der Waals surface area contributed by atoms with Crippen molar-refractivity contribution >= 4 is 23.0 Å². The maximum Gasteiger partial charge on any atom is 0.224 e. The van der Waals surface area contributed by atoms with Crippen molar-refractivity contribution in [3.05, 3.63) is 41.5 Å². The minimum atomic E-state index is -0.309. The lowest BCUT2D eigenvalue weighted by Gasteiger charge is -2.34. The highest BCUT2D eigenvalue weighted by Crippen LogP contribution is 2.42. The highest BCUT2D eigenvalue weighted by Gasteiger charge is 2.32. The van der Waals surface area contributed by atoms with Gasteiger partial charge in [0.05, 0.1) is 30.3 Å². The fourth-order valence-electron chi connectivity index (χ4n) is 5.37. The van der Waals surface area contributed by atoms with E-state index in [1.165, 1.54) is 6.42 Å². The van der Waals surface area contributed by atoms with Crippen LogP contribution in [0.4, 0.5) is 17.1 Å². The Hall–Kier alpha value is -3.48. The Labute approximate surface area is 238 Å². The molecule has 0 saturated carbocycles. The molecule has 4 rings (SSSR count). The Morgan fingerprint density at radius 1 is 1.23 bits per heavy atom. The van der Waals surface area contributed by atoms with Gasteiger partial charge in [-0.2, -0.15) is 5.26 Å².